The molecule has 2 rings (SSSR count). The van der Waals surface area contributed by atoms with E-state index in [1.165, 1.54) is 10.4 Å². The Balaban J connectivity index is 2.08. The van der Waals surface area contributed by atoms with Crippen molar-refractivity contribution in [1.29, 1.82) is 0 Å². The molecule has 5 heteroatoms. The van der Waals surface area contributed by atoms with Crippen LogP contribution < -0.4 is 11.3 Å². The molecular formula is C16H21N3OS. The summed E-state index contributed by atoms with van der Waals surface area (Å²) < 4.78 is 0. The van der Waals surface area contributed by atoms with Crippen LogP contribution in [0, 0.1) is 0 Å². The maximum atomic E-state index is 11.5. The molecule has 0 atom stereocenters. The average Bonchev–Trinajstić information content (AvgIpc) is 3.01. The number of nitrogens with one attached hydrogen (secondary N) is 1. The number of nitrogens with zero attached hydrogens (tertiary/aromatic N) is 1. The summed E-state index contributed by atoms with van der Waals surface area (Å²) in [5, 5.41) is 2.10. The number of carbonyl (C=O) groups excluding carboxylic acids is 1. The third-order valence-electron chi connectivity index (χ3n) is 3.43. The molecule has 0 aliphatic carbocycles. The van der Waals surface area contributed by atoms with Crippen LogP contribution in [-0.2, 0) is 24.3 Å². The molecule has 0 aliphatic heterocycles. The molecule has 0 spiro atoms. The fourth-order valence-corrected chi connectivity index (χ4v) is 3.00. The van der Waals surface area contributed by atoms with Crippen molar-refractivity contribution >= 4 is 17.2 Å². The topological polar surface area (TPSA) is 58.4 Å². The van der Waals surface area contributed by atoms with E-state index in [0.29, 0.717) is 6.42 Å². The van der Waals surface area contributed by atoms with Gasteiger partial charge in [-0.05, 0) is 29.1 Å². The normalized spacial score (nSPS) is 10.8. The van der Waals surface area contributed by atoms with Crippen molar-refractivity contribution in [1.82, 2.24) is 10.3 Å². The number of hydrogen-bond donors (Lipinski definition) is 2. The van der Waals surface area contributed by atoms with Crippen molar-refractivity contribution in [3.8, 4) is 0 Å². The lowest BCUT2D eigenvalue weighted by Gasteiger charge is -2.21. The number of carbonyl (C=O) groups is 1. The zero-order valence-electron chi connectivity index (χ0n) is 12.2. The SMILES string of the molecule is CCN(Cc1cccs1)Cc1ccccc1CC(=O)NN. The molecule has 1 heterocycles. The highest BCUT2D eigenvalue weighted by molar-refractivity contribution is 7.09. The number of thiophene rings is 1. The van der Waals surface area contributed by atoms with Gasteiger partial charge < -0.3 is 0 Å². The van der Waals surface area contributed by atoms with Crippen LogP contribution in [-0.4, -0.2) is 17.4 Å². The van der Waals surface area contributed by atoms with Crippen molar-refractivity contribution in [2.24, 2.45) is 5.84 Å². The summed E-state index contributed by atoms with van der Waals surface area (Å²) in [4.78, 5) is 15.2. The Morgan fingerprint density at radius 2 is 1.95 bits per heavy atom. The predicted octanol–water partition coefficient (Wildman–Crippen LogP) is 2.30. The van der Waals surface area contributed by atoms with E-state index in [2.05, 4.69) is 40.8 Å². The van der Waals surface area contributed by atoms with Crippen LogP contribution >= 0.6 is 11.3 Å². The van der Waals surface area contributed by atoms with Gasteiger partial charge in [-0.3, -0.25) is 15.1 Å². The molecule has 2 aromatic rings. The Morgan fingerprint density at radius 3 is 2.57 bits per heavy atom. The van der Waals surface area contributed by atoms with Gasteiger partial charge in [0.2, 0.25) is 5.91 Å². The van der Waals surface area contributed by atoms with Gasteiger partial charge in [-0.15, -0.1) is 11.3 Å². The monoisotopic (exact) mass is 303 g/mol. The van der Waals surface area contributed by atoms with Crippen LogP contribution in [0.3, 0.4) is 0 Å². The molecule has 112 valence electrons. The molecule has 21 heavy (non-hydrogen) atoms. The van der Waals surface area contributed by atoms with Crippen molar-refractivity contribution in [3.63, 3.8) is 0 Å². The van der Waals surface area contributed by atoms with Crippen LogP contribution in [0.4, 0.5) is 0 Å². The second kappa shape index (κ2) is 7.93. The molecular weight excluding hydrogens is 282 g/mol. The second-order valence-electron chi connectivity index (χ2n) is 4.90. The van der Waals surface area contributed by atoms with E-state index in [1.54, 1.807) is 11.3 Å². The number of hydrogen-bond acceptors (Lipinski definition) is 4. The fraction of sp³-hybridized carbons (Fsp3) is 0.312. The van der Waals surface area contributed by atoms with Gasteiger partial charge in [0.25, 0.3) is 0 Å². The van der Waals surface area contributed by atoms with Gasteiger partial charge >= 0.3 is 0 Å². The fourth-order valence-electron chi connectivity index (χ4n) is 2.25. The van der Waals surface area contributed by atoms with E-state index in [1.807, 2.05) is 18.2 Å². The van der Waals surface area contributed by atoms with Gasteiger partial charge in [-0.2, -0.15) is 0 Å². The van der Waals surface area contributed by atoms with Crippen molar-refractivity contribution in [2.75, 3.05) is 6.54 Å². The largest absolute Gasteiger partial charge is 0.294 e. The Bertz CT molecular complexity index is 569. The summed E-state index contributed by atoms with van der Waals surface area (Å²) in [5.41, 5.74) is 4.41. The van der Waals surface area contributed by atoms with E-state index < -0.39 is 0 Å². The number of amides is 1. The summed E-state index contributed by atoms with van der Waals surface area (Å²) in [6.07, 6.45) is 0.323. The number of rotatable bonds is 7. The standard InChI is InChI=1S/C16H21N3OS/c1-2-19(12-15-8-5-9-21-15)11-14-7-4-3-6-13(14)10-16(20)18-17/h3-9H,2,10-12,17H2,1H3,(H,18,20). The van der Waals surface area contributed by atoms with E-state index in [4.69, 9.17) is 5.84 Å². The lowest BCUT2D eigenvalue weighted by molar-refractivity contribution is -0.120. The van der Waals surface area contributed by atoms with Gasteiger partial charge in [-0.1, -0.05) is 37.3 Å². The maximum absolute atomic E-state index is 11.5. The molecule has 0 saturated carbocycles. The van der Waals surface area contributed by atoms with E-state index in [9.17, 15) is 4.79 Å². The third kappa shape index (κ3) is 4.67. The van der Waals surface area contributed by atoms with E-state index >= 15 is 0 Å². The molecule has 0 bridgehead atoms. The third-order valence-corrected chi connectivity index (χ3v) is 4.29. The first-order chi connectivity index (χ1) is 10.2. The zero-order valence-corrected chi connectivity index (χ0v) is 13.0. The molecule has 0 aliphatic rings. The quantitative estimate of drug-likeness (QED) is 0.469. The number of benzene rings is 1. The van der Waals surface area contributed by atoms with Crippen molar-refractivity contribution in [2.45, 2.75) is 26.4 Å². The molecule has 0 fully saturated rings. The minimum atomic E-state index is -0.163. The summed E-state index contributed by atoms with van der Waals surface area (Å²) in [5.74, 6) is 5.02. The lowest BCUT2D eigenvalue weighted by Crippen LogP contribution is -2.32. The molecule has 0 radical (unpaired) electrons. The Kier molecular flexibility index (Phi) is 5.92. The first-order valence-corrected chi connectivity index (χ1v) is 7.91. The van der Waals surface area contributed by atoms with Gasteiger partial charge in [0.05, 0.1) is 6.42 Å². The molecule has 0 unspecified atom stereocenters. The Hall–Kier alpha value is -1.69. The summed E-state index contributed by atoms with van der Waals surface area (Å²) in [6, 6.07) is 12.3. The van der Waals surface area contributed by atoms with Crippen LogP contribution in [0.25, 0.3) is 0 Å². The smallest absolute Gasteiger partial charge is 0.238 e. The summed E-state index contributed by atoms with van der Waals surface area (Å²) in [7, 11) is 0. The van der Waals surface area contributed by atoms with Gasteiger partial charge in [-0.25, -0.2) is 5.84 Å². The Morgan fingerprint density at radius 1 is 1.19 bits per heavy atom. The first-order valence-electron chi connectivity index (χ1n) is 7.04. The molecule has 3 N–H and O–H groups in total. The second-order valence-corrected chi connectivity index (χ2v) is 5.93. The highest BCUT2D eigenvalue weighted by atomic mass is 32.1. The average molecular weight is 303 g/mol. The molecule has 0 saturated heterocycles. The summed E-state index contributed by atoms with van der Waals surface area (Å²) >= 11 is 1.77. The van der Waals surface area contributed by atoms with Crippen LogP contribution in [0.5, 0.6) is 0 Å². The predicted molar refractivity (Wildman–Crippen MR) is 86.6 cm³/mol. The van der Waals surface area contributed by atoms with Crippen LogP contribution in [0.2, 0.25) is 0 Å². The minimum absolute atomic E-state index is 0.163. The van der Waals surface area contributed by atoms with E-state index in [-0.39, 0.29) is 5.91 Å². The van der Waals surface area contributed by atoms with E-state index in [0.717, 1.165) is 25.2 Å². The van der Waals surface area contributed by atoms with Crippen molar-refractivity contribution in [3.05, 3.63) is 57.8 Å². The first kappa shape index (κ1) is 15.7. The van der Waals surface area contributed by atoms with Crippen molar-refractivity contribution < 1.29 is 4.79 Å². The molecule has 1 aromatic carbocycles. The highest BCUT2D eigenvalue weighted by Crippen LogP contribution is 2.17. The molecule has 1 amide bonds. The van der Waals surface area contributed by atoms with Crippen LogP contribution in [0.1, 0.15) is 22.9 Å². The highest BCUT2D eigenvalue weighted by Gasteiger charge is 2.11. The number of nitrogens with two attached hydrogens (primary N) is 1. The molecule has 4 nitrogen and oxygen atoms in total. The molecule has 1 aromatic heterocycles. The zero-order chi connectivity index (χ0) is 15.1. The van der Waals surface area contributed by atoms with Crippen LogP contribution in [0.15, 0.2) is 41.8 Å². The lowest BCUT2D eigenvalue weighted by atomic mass is 10.0. The number of hydrazine groups is 1. The maximum Gasteiger partial charge on any atom is 0.238 e. The Labute approximate surface area is 129 Å². The summed E-state index contributed by atoms with van der Waals surface area (Å²) in [6.45, 7) is 4.89. The van der Waals surface area contributed by atoms with Gasteiger partial charge in [0, 0.05) is 18.0 Å². The minimum Gasteiger partial charge on any atom is -0.294 e. The van der Waals surface area contributed by atoms with Gasteiger partial charge in [0.15, 0.2) is 0 Å². The van der Waals surface area contributed by atoms with Gasteiger partial charge in [0.1, 0.15) is 0 Å².